The number of carbonyl (C=O) groups excluding carboxylic acids is 3. The molecular formula is C25H30FN5O3. The number of anilines is 2. The summed E-state index contributed by atoms with van der Waals surface area (Å²) in [4.78, 5) is 44.9. The van der Waals surface area contributed by atoms with Crippen molar-refractivity contribution in [2.45, 2.75) is 13.8 Å². The zero-order chi connectivity index (χ0) is 24.2. The normalized spacial score (nSPS) is 16.6. The molecule has 4 amide bonds. The van der Waals surface area contributed by atoms with Gasteiger partial charge < -0.3 is 24.9 Å². The molecule has 0 saturated carbocycles. The van der Waals surface area contributed by atoms with E-state index >= 15 is 0 Å². The molecule has 0 bridgehead atoms. The SMILES string of the molecule is Cc1ccc(C)c(N2CCN(C(=O)CN3CCN(C(=O)Nc4ccc(F)cc4)CC3=O)CC2)c1. The predicted molar refractivity (Wildman–Crippen MR) is 128 cm³/mol. The number of hydrogen-bond acceptors (Lipinski definition) is 4. The largest absolute Gasteiger partial charge is 0.368 e. The fourth-order valence-corrected chi connectivity index (χ4v) is 4.30. The summed E-state index contributed by atoms with van der Waals surface area (Å²) in [6.45, 7) is 7.44. The van der Waals surface area contributed by atoms with Crippen LogP contribution in [-0.4, -0.2) is 84.9 Å². The summed E-state index contributed by atoms with van der Waals surface area (Å²) in [5.74, 6) is -0.723. The first-order chi connectivity index (χ1) is 16.3. The number of benzene rings is 2. The van der Waals surface area contributed by atoms with Gasteiger partial charge in [-0.3, -0.25) is 9.59 Å². The van der Waals surface area contributed by atoms with Crippen LogP contribution in [0, 0.1) is 19.7 Å². The molecular weight excluding hydrogens is 437 g/mol. The fourth-order valence-electron chi connectivity index (χ4n) is 4.30. The van der Waals surface area contributed by atoms with Crippen molar-refractivity contribution in [1.29, 1.82) is 0 Å². The number of carbonyl (C=O) groups is 3. The van der Waals surface area contributed by atoms with Gasteiger partial charge in [0.2, 0.25) is 11.8 Å². The number of urea groups is 1. The highest BCUT2D eigenvalue weighted by atomic mass is 19.1. The molecule has 1 N–H and O–H groups in total. The first-order valence-corrected chi connectivity index (χ1v) is 11.5. The van der Waals surface area contributed by atoms with Crippen LogP contribution >= 0.6 is 0 Å². The van der Waals surface area contributed by atoms with Crippen molar-refractivity contribution in [2.75, 3.05) is 62.6 Å². The van der Waals surface area contributed by atoms with E-state index in [1.54, 1.807) is 0 Å². The molecule has 2 aliphatic rings. The molecule has 0 atom stereocenters. The van der Waals surface area contributed by atoms with Gasteiger partial charge in [0, 0.05) is 50.6 Å². The maximum Gasteiger partial charge on any atom is 0.322 e. The molecule has 2 aromatic rings. The highest BCUT2D eigenvalue weighted by Gasteiger charge is 2.30. The Hall–Kier alpha value is -3.62. The second-order valence-corrected chi connectivity index (χ2v) is 8.83. The van der Waals surface area contributed by atoms with Crippen LogP contribution in [0.1, 0.15) is 11.1 Å². The maximum absolute atomic E-state index is 13.0. The predicted octanol–water partition coefficient (Wildman–Crippen LogP) is 2.47. The quantitative estimate of drug-likeness (QED) is 0.750. The summed E-state index contributed by atoms with van der Waals surface area (Å²) in [6.07, 6.45) is 0. The van der Waals surface area contributed by atoms with Gasteiger partial charge in [-0.1, -0.05) is 12.1 Å². The number of rotatable bonds is 4. The molecule has 0 aromatic heterocycles. The minimum atomic E-state index is -0.423. The van der Waals surface area contributed by atoms with Gasteiger partial charge in [-0.15, -0.1) is 0 Å². The van der Waals surface area contributed by atoms with Gasteiger partial charge in [0.1, 0.15) is 12.4 Å². The molecule has 180 valence electrons. The molecule has 0 aliphatic carbocycles. The summed E-state index contributed by atoms with van der Waals surface area (Å²) in [5.41, 5.74) is 4.09. The van der Waals surface area contributed by atoms with E-state index in [-0.39, 0.29) is 24.9 Å². The molecule has 0 radical (unpaired) electrons. The lowest BCUT2D eigenvalue weighted by molar-refractivity contribution is -0.143. The van der Waals surface area contributed by atoms with Crippen molar-refractivity contribution in [3.8, 4) is 0 Å². The third-order valence-electron chi connectivity index (χ3n) is 6.37. The summed E-state index contributed by atoms with van der Waals surface area (Å²) in [5, 5.41) is 2.66. The molecule has 0 unspecified atom stereocenters. The van der Waals surface area contributed by atoms with Crippen LogP contribution in [0.25, 0.3) is 0 Å². The van der Waals surface area contributed by atoms with Crippen molar-refractivity contribution >= 4 is 29.2 Å². The Bertz CT molecular complexity index is 1070. The van der Waals surface area contributed by atoms with Crippen LogP contribution in [0.2, 0.25) is 0 Å². The van der Waals surface area contributed by atoms with Gasteiger partial charge in [0.15, 0.2) is 0 Å². The summed E-state index contributed by atoms with van der Waals surface area (Å²) < 4.78 is 13.0. The van der Waals surface area contributed by atoms with E-state index in [4.69, 9.17) is 0 Å². The van der Waals surface area contributed by atoms with Crippen LogP contribution in [0.15, 0.2) is 42.5 Å². The zero-order valence-corrected chi connectivity index (χ0v) is 19.6. The molecule has 0 spiro atoms. The molecule has 9 heteroatoms. The van der Waals surface area contributed by atoms with E-state index in [0.29, 0.717) is 31.9 Å². The minimum absolute atomic E-state index is 0.0235. The number of piperazine rings is 2. The van der Waals surface area contributed by atoms with Crippen molar-refractivity contribution in [1.82, 2.24) is 14.7 Å². The number of aryl methyl sites for hydroxylation is 2. The van der Waals surface area contributed by atoms with Crippen molar-refractivity contribution in [3.05, 3.63) is 59.4 Å². The Balaban J connectivity index is 1.25. The lowest BCUT2D eigenvalue weighted by Gasteiger charge is -2.39. The van der Waals surface area contributed by atoms with E-state index in [2.05, 4.69) is 42.3 Å². The highest BCUT2D eigenvalue weighted by molar-refractivity contribution is 5.94. The lowest BCUT2D eigenvalue weighted by Crippen LogP contribution is -2.57. The smallest absolute Gasteiger partial charge is 0.322 e. The van der Waals surface area contributed by atoms with E-state index in [1.165, 1.54) is 50.9 Å². The molecule has 2 fully saturated rings. The van der Waals surface area contributed by atoms with Crippen LogP contribution in [-0.2, 0) is 9.59 Å². The number of halogens is 1. The number of nitrogens with one attached hydrogen (secondary N) is 1. The summed E-state index contributed by atoms with van der Waals surface area (Å²) in [6, 6.07) is 11.4. The van der Waals surface area contributed by atoms with Crippen molar-refractivity contribution in [3.63, 3.8) is 0 Å². The fraction of sp³-hybridized carbons (Fsp3) is 0.400. The molecule has 4 rings (SSSR count). The average Bonchev–Trinajstić information content (AvgIpc) is 2.83. The third kappa shape index (κ3) is 5.47. The number of amides is 4. The van der Waals surface area contributed by atoms with Crippen molar-refractivity contribution < 1.29 is 18.8 Å². The monoisotopic (exact) mass is 467 g/mol. The summed E-state index contributed by atoms with van der Waals surface area (Å²) >= 11 is 0. The molecule has 2 heterocycles. The van der Waals surface area contributed by atoms with Gasteiger partial charge in [-0.05, 0) is 55.3 Å². The maximum atomic E-state index is 13.0. The first kappa shape index (κ1) is 23.5. The van der Waals surface area contributed by atoms with Gasteiger partial charge in [0.05, 0.1) is 6.54 Å². The van der Waals surface area contributed by atoms with E-state index in [0.717, 1.165) is 13.1 Å². The van der Waals surface area contributed by atoms with Crippen LogP contribution in [0.5, 0.6) is 0 Å². The third-order valence-corrected chi connectivity index (χ3v) is 6.37. The van der Waals surface area contributed by atoms with E-state index in [1.807, 2.05) is 4.90 Å². The van der Waals surface area contributed by atoms with E-state index < -0.39 is 11.8 Å². The zero-order valence-electron chi connectivity index (χ0n) is 19.6. The van der Waals surface area contributed by atoms with Gasteiger partial charge in [0.25, 0.3) is 0 Å². The van der Waals surface area contributed by atoms with Gasteiger partial charge in [-0.2, -0.15) is 0 Å². The van der Waals surface area contributed by atoms with Crippen molar-refractivity contribution in [2.24, 2.45) is 0 Å². The second kappa shape index (κ2) is 10.1. The molecule has 2 aromatic carbocycles. The lowest BCUT2D eigenvalue weighted by atomic mass is 10.1. The highest BCUT2D eigenvalue weighted by Crippen LogP contribution is 2.23. The molecule has 8 nitrogen and oxygen atoms in total. The Morgan fingerprint density at radius 3 is 2.26 bits per heavy atom. The second-order valence-electron chi connectivity index (χ2n) is 8.83. The standard InChI is InChI=1S/C25H30FN5O3/c1-18-3-4-19(2)22(15-18)28-9-11-29(12-10-28)23(32)16-30-13-14-31(17-24(30)33)25(34)27-21-7-5-20(26)6-8-21/h3-8,15H,9-14,16-17H2,1-2H3,(H,27,34). The van der Waals surface area contributed by atoms with Crippen LogP contribution < -0.4 is 10.2 Å². The number of nitrogens with zero attached hydrogens (tertiary/aromatic N) is 4. The van der Waals surface area contributed by atoms with Crippen LogP contribution in [0.4, 0.5) is 20.6 Å². The molecule has 2 saturated heterocycles. The Kier molecular flexibility index (Phi) is 7.00. The molecule has 34 heavy (non-hydrogen) atoms. The topological polar surface area (TPSA) is 76.2 Å². The van der Waals surface area contributed by atoms with Crippen LogP contribution in [0.3, 0.4) is 0 Å². The van der Waals surface area contributed by atoms with E-state index in [9.17, 15) is 18.8 Å². The Morgan fingerprint density at radius 2 is 1.59 bits per heavy atom. The minimum Gasteiger partial charge on any atom is -0.368 e. The first-order valence-electron chi connectivity index (χ1n) is 11.5. The van der Waals surface area contributed by atoms with Gasteiger partial charge >= 0.3 is 6.03 Å². The Morgan fingerprint density at radius 1 is 0.912 bits per heavy atom. The van der Waals surface area contributed by atoms with Gasteiger partial charge in [-0.25, -0.2) is 9.18 Å². The Labute approximate surface area is 198 Å². The average molecular weight is 468 g/mol. The summed E-state index contributed by atoms with van der Waals surface area (Å²) in [7, 11) is 0. The number of hydrogen-bond donors (Lipinski definition) is 1. The molecule has 2 aliphatic heterocycles.